The van der Waals surface area contributed by atoms with E-state index in [9.17, 15) is 0 Å². The van der Waals surface area contributed by atoms with Crippen molar-refractivity contribution in [2.75, 3.05) is 33.5 Å². The van der Waals surface area contributed by atoms with Gasteiger partial charge in [-0.25, -0.2) is 0 Å². The molecule has 0 atom stereocenters. The molecule has 0 aliphatic carbocycles. The van der Waals surface area contributed by atoms with E-state index in [0.717, 1.165) is 5.56 Å². The smallest absolute Gasteiger partial charge is 0.138 e. The monoisotopic (exact) mass is 289 g/mol. The number of halogens is 1. The van der Waals surface area contributed by atoms with Gasteiger partial charge in [0, 0.05) is 12.7 Å². The number of benzene rings is 1. The lowest BCUT2D eigenvalue weighted by atomic mass is 10.2. The first-order chi connectivity index (χ1) is 8.65. The lowest BCUT2D eigenvalue weighted by molar-refractivity contribution is 0.0544. The normalized spacial score (nSPS) is 10.3. The average molecular weight is 290 g/mol. The minimum atomic E-state index is 0.311. The van der Waals surface area contributed by atoms with Crippen LogP contribution in [-0.2, 0) is 9.47 Å². The Morgan fingerprint density at radius 2 is 2.00 bits per heavy atom. The molecule has 18 heavy (non-hydrogen) atoms. The molecule has 4 nitrogen and oxygen atoms in total. The quantitative estimate of drug-likeness (QED) is 0.586. The highest BCUT2D eigenvalue weighted by molar-refractivity contribution is 7.80. The van der Waals surface area contributed by atoms with Crippen LogP contribution >= 0.6 is 23.8 Å². The minimum absolute atomic E-state index is 0.311. The fourth-order valence-electron chi connectivity index (χ4n) is 1.23. The van der Waals surface area contributed by atoms with E-state index in [1.54, 1.807) is 25.3 Å². The molecule has 1 rings (SSSR count). The second kappa shape index (κ2) is 8.26. The molecule has 0 spiro atoms. The van der Waals surface area contributed by atoms with Crippen molar-refractivity contribution in [3.05, 3.63) is 28.8 Å². The van der Waals surface area contributed by atoms with Crippen LogP contribution in [0.25, 0.3) is 0 Å². The van der Waals surface area contributed by atoms with Gasteiger partial charge in [-0.05, 0) is 18.2 Å². The molecule has 100 valence electrons. The highest BCUT2D eigenvalue weighted by atomic mass is 35.5. The van der Waals surface area contributed by atoms with Crippen molar-refractivity contribution >= 4 is 28.8 Å². The Morgan fingerprint density at radius 3 is 2.61 bits per heavy atom. The molecule has 0 aliphatic heterocycles. The van der Waals surface area contributed by atoms with Crippen LogP contribution in [-0.4, -0.2) is 38.5 Å². The van der Waals surface area contributed by atoms with Gasteiger partial charge in [-0.1, -0.05) is 23.8 Å². The van der Waals surface area contributed by atoms with E-state index >= 15 is 0 Å². The molecule has 0 unspecified atom stereocenters. The topological polar surface area (TPSA) is 53.7 Å². The second-order valence-electron chi connectivity index (χ2n) is 3.46. The van der Waals surface area contributed by atoms with Gasteiger partial charge in [0.25, 0.3) is 0 Å². The molecule has 6 heteroatoms. The molecule has 2 N–H and O–H groups in total. The molecule has 0 heterocycles. The maximum Gasteiger partial charge on any atom is 0.138 e. The van der Waals surface area contributed by atoms with E-state index in [-0.39, 0.29) is 0 Å². The molecule has 0 fully saturated rings. The molecule has 1 aromatic rings. The fourth-order valence-corrected chi connectivity index (χ4v) is 1.59. The maximum atomic E-state index is 6.04. The Balaban J connectivity index is 2.36. The third-order valence-electron chi connectivity index (χ3n) is 2.13. The summed E-state index contributed by atoms with van der Waals surface area (Å²) >= 11 is 10.9. The SMILES string of the molecule is COCCOCCOc1ccc(C(N)=S)cc1Cl. The van der Waals surface area contributed by atoms with Gasteiger partial charge in [0.15, 0.2) is 0 Å². The van der Waals surface area contributed by atoms with Gasteiger partial charge in [0.2, 0.25) is 0 Å². The Morgan fingerprint density at radius 1 is 1.28 bits per heavy atom. The lowest BCUT2D eigenvalue weighted by Gasteiger charge is -2.09. The molecule has 0 amide bonds. The van der Waals surface area contributed by atoms with E-state index in [2.05, 4.69) is 0 Å². The summed E-state index contributed by atoms with van der Waals surface area (Å²) in [6.07, 6.45) is 0. The summed E-state index contributed by atoms with van der Waals surface area (Å²) in [6, 6.07) is 5.20. The molecule has 0 aliphatic rings. The zero-order chi connectivity index (χ0) is 13.4. The Kier molecular flexibility index (Phi) is 6.97. The number of nitrogens with two attached hydrogens (primary N) is 1. The van der Waals surface area contributed by atoms with Crippen LogP contribution < -0.4 is 10.5 Å². The molecular formula is C12H16ClNO3S. The average Bonchev–Trinajstić information content (AvgIpc) is 2.35. The van der Waals surface area contributed by atoms with Crippen molar-refractivity contribution in [3.63, 3.8) is 0 Å². The molecule has 0 bridgehead atoms. The zero-order valence-electron chi connectivity index (χ0n) is 10.1. The van der Waals surface area contributed by atoms with Gasteiger partial charge < -0.3 is 19.9 Å². The Bertz CT molecular complexity index is 401. The predicted octanol–water partition coefficient (Wildman–Crippen LogP) is 2.02. The van der Waals surface area contributed by atoms with Crippen molar-refractivity contribution in [1.82, 2.24) is 0 Å². The third-order valence-corrected chi connectivity index (χ3v) is 2.66. The molecule has 0 saturated heterocycles. The summed E-state index contributed by atoms with van der Waals surface area (Å²) in [5.74, 6) is 0.590. The molecule has 1 aromatic carbocycles. The van der Waals surface area contributed by atoms with E-state index in [4.69, 9.17) is 43.8 Å². The Hall–Kier alpha value is -0.880. The number of ether oxygens (including phenoxy) is 3. The first kappa shape index (κ1) is 15.2. The Labute approximate surface area is 117 Å². The summed E-state index contributed by atoms with van der Waals surface area (Å²) in [4.78, 5) is 0.311. The van der Waals surface area contributed by atoms with E-state index in [1.165, 1.54) is 0 Å². The lowest BCUT2D eigenvalue weighted by Crippen LogP contribution is -2.11. The van der Waals surface area contributed by atoms with Gasteiger partial charge in [0.05, 0.1) is 24.8 Å². The van der Waals surface area contributed by atoms with Crippen LogP contribution in [0.3, 0.4) is 0 Å². The highest BCUT2D eigenvalue weighted by Crippen LogP contribution is 2.25. The first-order valence-electron chi connectivity index (χ1n) is 5.44. The van der Waals surface area contributed by atoms with Crippen molar-refractivity contribution < 1.29 is 14.2 Å². The van der Waals surface area contributed by atoms with E-state index in [0.29, 0.717) is 42.2 Å². The predicted molar refractivity (Wildman–Crippen MR) is 75.5 cm³/mol. The summed E-state index contributed by atoms with van der Waals surface area (Å²) < 4.78 is 15.6. The van der Waals surface area contributed by atoms with Crippen LogP contribution in [0.15, 0.2) is 18.2 Å². The maximum absolute atomic E-state index is 6.04. The number of methoxy groups -OCH3 is 1. The summed E-state index contributed by atoms with van der Waals surface area (Å²) in [5, 5.41) is 0.484. The number of hydrogen-bond donors (Lipinski definition) is 1. The molecule has 0 radical (unpaired) electrons. The van der Waals surface area contributed by atoms with Crippen LogP contribution in [0.5, 0.6) is 5.75 Å². The van der Waals surface area contributed by atoms with Gasteiger partial charge in [0.1, 0.15) is 17.3 Å². The van der Waals surface area contributed by atoms with Gasteiger partial charge >= 0.3 is 0 Å². The minimum Gasteiger partial charge on any atom is -0.490 e. The van der Waals surface area contributed by atoms with Crippen molar-refractivity contribution in [2.45, 2.75) is 0 Å². The molecular weight excluding hydrogens is 274 g/mol. The van der Waals surface area contributed by atoms with E-state index in [1.807, 2.05) is 0 Å². The first-order valence-corrected chi connectivity index (χ1v) is 6.22. The van der Waals surface area contributed by atoms with Crippen molar-refractivity contribution in [2.24, 2.45) is 5.73 Å². The van der Waals surface area contributed by atoms with Gasteiger partial charge in [-0.3, -0.25) is 0 Å². The standard InChI is InChI=1S/C12H16ClNO3S/c1-15-4-5-16-6-7-17-11-3-2-9(12(14)18)8-10(11)13/h2-3,8H,4-7H2,1H3,(H2,14,18). The second-order valence-corrected chi connectivity index (χ2v) is 4.31. The van der Waals surface area contributed by atoms with Crippen LogP contribution in [0.2, 0.25) is 5.02 Å². The summed E-state index contributed by atoms with van der Waals surface area (Å²) in [7, 11) is 1.63. The van der Waals surface area contributed by atoms with Crippen molar-refractivity contribution in [1.29, 1.82) is 0 Å². The molecule has 0 aromatic heterocycles. The summed E-state index contributed by atoms with van der Waals surface area (Å²) in [6.45, 7) is 2.03. The van der Waals surface area contributed by atoms with Crippen molar-refractivity contribution in [3.8, 4) is 5.75 Å². The fraction of sp³-hybridized carbons (Fsp3) is 0.417. The number of thiocarbonyl (C=S) groups is 1. The van der Waals surface area contributed by atoms with Crippen LogP contribution in [0.4, 0.5) is 0 Å². The highest BCUT2D eigenvalue weighted by Gasteiger charge is 2.04. The number of rotatable bonds is 8. The number of hydrogen-bond acceptors (Lipinski definition) is 4. The summed E-state index contributed by atoms with van der Waals surface area (Å²) in [5.41, 5.74) is 6.22. The van der Waals surface area contributed by atoms with Gasteiger partial charge in [-0.2, -0.15) is 0 Å². The largest absolute Gasteiger partial charge is 0.490 e. The van der Waals surface area contributed by atoms with Crippen LogP contribution in [0.1, 0.15) is 5.56 Å². The third kappa shape index (κ3) is 5.18. The zero-order valence-corrected chi connectivity index (χ0v) is 11.7. The molecule has 0 saturated carbocycles. The van der Waals surface area contributed by atoms with Gasteiger partial charge in [-0.15, -0.1) is 0 Å². The van der Waals surface area contributed by atoms with Crippen LogP contribution in [0, 0.1) is 0 Å². The van der Waals surface area contributed by atoms with E-state index < -0.39 is 0 Å².